The molecule has 2 aromatic rings. The second kappa shape index (κ2) is 10.9. The largest absolute Gasteiger partial charge is 0.379 e. The Bertz CT molecular complexity index is 1090. The molecule has 1 aliphatic heterocycles. The van der Waals surface area contributed by atoms with Gasteiger partial charge in [-0.3, -0.25) is 14.8 Å². The van der Waals surface area contributed by atoms with Crippen molar-refractivity contribution in [3.05, 3.63) is 76.9 Å². The van der Waals surface area contributed by atoms with E-state index < -0.39 is 0 Å². The first-order valence-electron chi connectivity index (χ1n) is 11.2. The fraction of sp³-hybridized carbons (Fsp3) is 0.346. The molecule has 0 saturated heterocycles. The van der Waals surface area contributed by atoms with E-state index >= 15 is 0 Å². The molecule has 0 spiro atoms. The highest BCUT2D eigenvalue weighted by molar-refractivity contribution is 6.30. The van der Waals surface area contributed by atoms with Crippen LogP contribution in [0, 0.1) is 12.7 Å². The second-order valence-corrected chi connectivity index (χ2v) is 8.38. The number of rotatable bonds is 7. The molecule has 1 aliphatic rings. The number of aryl methyl sites for hydroxylation is 1. The minimum absolute atomic E-state index is 0.0251. The first-order valence-corrected chi connectivity index (χ1v) is 11.2. The number of carbonyl (C=O) groups is 1. The third-order valence-electron chi connectivity index (χ3n) is 5.57. The van der Waals surface area contributed by atoms with Crippen molar-refractivity contribution in [2.45, 2.75) is 46.2 Å². The van der Waals surface area contributed by atoms with Gasteiger partial charge in [0.25, 0.3) is 0 Å². The van der Waals surface area contributed by atoms with Gasteiger partial charge < -0.3 is 15.5 Å². The number of aliphatic imine (C=N–C) groups is 2. The summed E-state index contributed by atoms with van der Waals surface area (Å²) in [7, 11) is 2.02. The highest BCUT2D eigenvalue weighted by Gasteiger charge is 2.16. The molecule has 6 nitrogen and oxygen atoms in total. The average Bonchev–Trinajstić information content (AvgIpc) is 2.78. The number of benzene rings is 2. The number of anilines is 1. The van der Waals surface area contributed by atoms with Crippen LogP contribution in [-0.2, 0) is 11.2 Å². The molecule has 1 unspecified atom stereocenters. The molecular formula is C26H32FN5O. The van der Waals surface area contributed by atoms with Gasteiger partial charge in [0.15, 0.2) is 0 Å². The predicted molar refractivity (Wildman–Crippen MR) is 133 cm³/mol. The Labute approximate surface area is 195 Å². The maximum atomic E-state index is 13.4. The lowest BCUT2D eigenvalue weighted by Crippen LogP contribution is -2.31. The number of amides is 1. The smallest absolute Gasteiger partial charge is 0.228 e. The highest BCUT2D eigenvalue weighted by atomic mass is 19.1. The molecule has 0 bridgehead atoms. The van der Waals surface area contributed by atoms with Crippen molar-refractivity contribution in [1.82, 2.24) is 10.2 Å². The molecule has 2 atom stereocenters. The SMILES string of the molecule is CCN(C)/C=C1/N=CC(N[C@@H](C)c2cccc(NC(=O)Cc3ccc(F)c(C)c3)c2)=NC1C. The molecule has 0 aromatic heterocycles. The van der Waals surface area contributed by atoms with E-state index in [-0.39, 0.29) is 30.2 Å². The summed E-state index contributed by atoms with van der Waals surface area (Å²) < 4.78 is 13.4. The lowest BCUT2D eigenvalue weighted by molar-refractivity contribution is -0.115. The summed E-state index contributed by atoms with van der Waals surface area (Å²) in [4.78, 5) is 23.8. The summed E-state index contributed by atoms with van der Waals surface area (Å²) in [5, 5.41) is 6.33. The molecule has 1 heterocycles. The van der Waals surface area contributed by atoms with Crippen molar-refractivity contribution in [1.29, 1.82) is 0 Å². The van der Waals surface area contributed by atoms with Gasteiger partial charge in [0.05, 0.1) is 30.4 Å². The van der Waals surface area contributed by atoms with Gasteiger partial charge in [-0.2, -0.15) is 0 Å². The van der Waals surface area contributed by atoms with Crippen molar-refractivity contribution >= 4 is 23.6 Å². The Kier molecular flexibility index (Phi) is 7.98. The highest BCUT2D eigenvalue weighted by Crippen LogP contribution is 2.19. The van der Waals surface area contributed by atoms with Crippen molar-refractivity contribution < 1.29 is 9.18 Å². The topological polar surface area (TPSA) is 69.1 Å². The van der Waals surface area contributed by atoms with E-state index in [4.69, 9.17) is 4.99 Å². The van der Waals surface area contributed by atoms with Crippen LogP contribution < -0.4 is 10.6 Å². The van der Waals surface area contributed by atoms with Crippen LogP contribution in [-0.4, -0.2) is 42.5 Å². The quantitative estimate of drug-likeness (QED) is 0.648. The molecule has 2 N–H and O–H groups in total. The lowest BCUT2D eigenvalue weighted by atomic mass is 10.1. The first kappa shape index (κ1) is 24.2. The monoisotopic (exact) mass is 449 g/mol. The fourth-order valence-corrected chi connectivity index (χ4v) is 3.48. The summed E-state index contributed by atoms with van der Waals surface area (Å²) in [5.74, 6) is 0.316. The van der Waals surface area contributed by atoms with E-state index in [1.807, 2.05) is 51.4 Å². The van der Waals surface area contributed by atoms with E-state index in [1.54, 1.807) is 25.3 Å². The van der Waals surface area contributed by atoms with Crippen LogP contribution in [0.25, 0.3) is 0 Å². The van der Waals surface area contributed by atoms with E-state index in [0.717, 1.165) is 29.2 Å². The van der Waals surface area contributed by atoms with Crippen molar-refractivity contribution in [2.75, 3.05) is 18.9 Å². The number of halogens is 1. The van der Waals surface area contributed by atoms with E-state index in [2.05, 4.69) is 27.4 Å². The van der Waals surface area contributed by atoms with Crippen LogP contribution in [0.4, 0.5) is 10.1 Å². The van der Waals surface area contributed by atoms with E-state index in [9.17, 15) is 9.18 Å². The molecule has 3 rings (SSSR count). The first-order chi connectivity index (χ1) is 15.7. The van der Waals surface area contributed by atoms with Gasteiger partial charge in [0.1, 0.15) is 11.7 Å². The van der Waals surface area contributed by atoms with Crippen molar-refractivity contribution in [2.24, 2.45) is 9.98 Å². The van der Waals surface area contributed by atoms with Gasteiger partial charge in [-0.1, -0.05) is 24.3 Å². The molecule has 33 heavy (non-hydrogen) atoms. The molecule has 7 heteroatoms. The predicted octanol–water partition coefficient (Wildman–Crippen LogP) is 4.63. The van der Waals surface area contributed by atoms with Crippen LogP contribution >= 0.6 is 0 Å². The van der Waals surface area contributed by atoms with Crippen molar-refractivity contribution in [3.63, 3.8) is 0 Å². The number of carbonyl (C=O) groups excluding carboxylic acids is 1. The molecule has 0 radical (unpaired) electrons. The summed E-state index contributed by atoms with van der Waals surface area (Å²) in [6.45, 7) is 8.76. The zero-order valence-corrected chi connectivity index (χ0v) is 19.9. The Morgan fingerprint density at radius 1 is 1.27 bits per heavy atom. The zero-order chi connectivity index (χ0) is 24.0. The summed E-state index contributed by atoms with van der Waals surface area (Å²) in [5.41, 5.74) is 3.97. The van der Waals surface area contributed by atoms with Crippen LogP contribution in [0.2, 0.25) is 0 Å². The standard InChI is InChI=1S/C26H32FN5O/c1-6-32(5)16-24-19(4)30-25(15-28-24)29-18(3)21-8-7-9-22(14-21)31-26(33)13-20-10-11-23(27)17(2)12-20/h7-12,14-16,18-19H,6,13H2,1-5H3,(H,29,30)(H,31,33)/b24-16+/t18-,19?/m0/s1. The molecule has 0 aliphatic carbocycles. The molecule has 174 valence electrons. The Morgan fingerprint density at radius 3 is 2.76 bits per heavy atom. The van der Waals surface area contributed by atoms with Gasteiger partial charge in [0.2, 0.25) is 5.91 Å². The number of amidine groups is 1. The van der Waals surface area contributed by atoms with Crippen LogP contribution in [0.15, 0.2) is 64.3 Å². The number of nitrogens with one attached hydrogen (secondary N) is 2. The zero-order valence-electron chi connectivity index (χ0n) is 19.9. The normalized spacial score (nSPS) is 17.5. The van der Waals surface area contributed by atoms with Gasteiger partial charge >= 0.3 is 0 Å². The molecular weight excluding hydrogens is 417 g/mol. The van der Waals surface area contributed by atoms with Crippen LogP contribution in [0.1, 0.15) is 43.5 Å². The maximum Gasteiger partial charge on any atom is 0.228 e. The van der Waals surface area contributed by atoms with E-state index in [1.165, 1.54) is 6.07 Å². The fourth-order valence-electron chi connectivity index (χ4n) is 3.48. The Morgan fingerprint density at radius 2 is 2.06 bits per heavy atom. The maximum absolute atomic E-state index is 13.4. The van der Waals surface area contributed by atoms with Gasteiger partial charge in [-0.15, -0.1) is 0 Å². The van der Waals surface area contributed by atoms with Crippen LogP contribution in [0.3, 0.4) is 0 Å². The molecule has 0 fully saturated rings. The van der Waals surface area contributed by atoms with Gasteiger partial charge in [0, 0.05) is 25.5 Å². The molecule has 0 saturated carbocycles. The lowest BCUT2D eigenvalue weighted by Gasteiger charge is -2.21. The molecule has 1 amide bonds. The third-order valence-corrected chi connectivity index (χ3v) is 5.57. The van der Waals surface area contributed by atoms with Crippen molar-refractivity contribution in [3.8, 4) is 0 Å². The summed E-state index contributed by atoms with van der Waals surface area (Å²) in [6, 6.07) is 12.4. The Balaban J connectivity index is 1.61. The minimum Gasteiger partial charge on any atom is -0.379 e. The van der Waals surface area contributed by atoms with Gasteiger partial charge in [-0.05, 0) is 62.6 Å². The number of nitrogens with zero attached hydrogens (tertiary/aromatic N) is 3. The summed E-state index contributed by atoms with van der Waals surface area (Å²) in [6.07, 6.45) is 3.96. The second-order valence-electron chi connectivity index (χ2n) is 8.38. The van der Waals surface area contributed by atoms with E-state index in [0.29, 0.717) is 11.3 Å². The number of hydrogen-bond donors (Lipinski definition) is 2. The average molecular weight is 450 g/mol. The van der Waals surface area contributed by atoms with Crippen LogP contribution in [0.5, 0.6) is 0 Å². The van der Waals surface area contributed by atoms with Gasteiger partial charge in [-0.25, -0.2) is 4.39 Å². The Hall–Kier alpha value is -3.48. The minimum atomic E-state index is -0.268. The molecule has 2 aromatic carbocycles. The number of hydrogen-bond acceptors (Lipinski definition) is 5. The summed E-state index contributed by atoms with van der Waals surface area (Å²) >= 11 is 0. The third kappa shape index (κ3) is 6.75.